The first kappa shape index (κ1) is 19.2. The number of primary amides is 1. The highest BCUT2D eigenvalue weighted by Gasteiger charge is 2.35. The third-order valence-electron chi connectivity index (χ3n) is 3.68. The van der Waals surface area contributed by atoms with Crippen LogP contribution in [0, 0.1) is 0 Å². The number of hydrogen-bond acceptors (Lipinski definition) is 5. The number of imide groups is 1. The molecule has 0 aliphatic carbocycles. The fraction of sp³-hybridized carbons (Fsp3) is 0.105. The molecule has 0 bridgehead atoms. The smallest absolute Gasteiger partial charge is 0.293 e. The average molecular weight is 447 g/mol. The Morgan fingerprint density at radius 1 is 1.19 bits per heavy atom. The lowest BCUT2D eigenvalue weighted by Crippen LogP contribution is -2.27. The van der Waals surface area contributed by atoms with E-state index in [2.05, 4.69) is 15.9 Å². The molecular weight excluding hydrogens is 432 g/mol. The first-order valence-corrected chi connectivity index (χ1v) is 9.55. The standard InChI is InChI=1S/C19H15BrN2O4S/c20-14-6-3-4-12(8-14)10-22-18(24)16(27-19(22)25)9-13-5-1-2-7-15(13)26-11-17(21)23/h1-9H,10-11H2,(H2,21,23)/b16-9+. The van der Waals surface area contributed by atoms with Gasteiger partial charge >= 0.3 is 0 Å². The van der Waals surface area contributed by atoms with Crippen LogP contribution in [0.25, 0.3) is 6.08 Å². The van der Waals surface area contributed by atoms with E-state index in [-0.39, 0.29) is 24.3 Å². The van der Waals surface area contributed by atoms with E-state index in [0.717, 1.165) is 21.8 Å². The lowest BCUT2D eigenvalue weighted by molar-refractivity contribution is -0.123. The monoisotopic (exact) mass is 446 g/mol. The van der Waals surface area contributed by atoms with Crippen LogP contribution in [0.4, 0.5) is 4.79 Å². The minimum absolute atomic E-state index is 0.196. The number of nitrogens with two attached hydrogens (primary N) is 1. The van der Waals surface area contributed by atoms with Crippen molar-refractivity contribution < 1.29 is 19.1 Å². The van der Waals surface area contributed by atoms with E-state index in [1.54, 1.807) is 30.3 Å². The Balaban J connectivity index is 1.81. The van der Waals surface area contributed by atoms with Gasteiger partial charge in [-0.25, -0.2) is 0 Å². The van der Waals surface area contributed by atoms with E-state index in [4.69, 9.17) is 10.5 Å². The zero-order chi connectivity index (χ0) is 19.4. The zero-order valence-electron chi connectivity index (χ0n) is 14.1. The molecule has 0 aromatic heterocycles. The van der Waals surface area contributed by atoms with Gasteiger partial charge in [0.25, 0.3) is 17.1 Å². The largest absolute Gasteiger partial charge is 0.483 e. The summed E-state index contributed by atoms with van der Waals surface area (Å²) >= 11 is 4.25. The van der Waals surface area contributed by atoms with Gasteiger partial charge in [-0.1, -0.05) is 46.3 Å². The Morgan fingerprint density at radius 3 is 2.70 bits per heavy atom. The van der Waals surface area contributed by atoms with Gasteiger partial charge in [-0.3, -0.25) is 19.3 Å². The number of benzene rings is 2. The number of rotatable bonds is 6. The normalized spacial score (nSPS) is 15.4. The maximum atomic E-state index is 12.7. The number of amides is 3. The van der Waals surface area contributed by atoms with Crippen molar-refractivity contribution in [2.75, 3.05) is 6.61 Å². The van der Waals surface area contributed by atoms with E-state index < -0.39 is 5.91 Å². The van der Waals surface area contributed by atoms with Crippen molar-refractivity contribution in [1.82, 2.24) is 4.90 Å². The van der Waals surface area contributed by atoms with E-state index in [1.165, 1.54) is 4.90 Å². The van der Waals surface area contributed by atoms with Crippen molar-refractivity contribution in [3.63, 3.8) is 0 Å². The third-order valence-corrected chi connectivity index (χ3v) is 5.08. The number of nitrogens with zero attached hydrogens (tertiary/aromatic N) is 1. The number of para-hydroxylation sites is 1. The topological polar surface area (TPSA) is 89.7 Å². The van der Waals surface area contributed by atoms with Crippen LogP contribution in [-0.2, 0) is 16.1 Å². The highest BCUT2D eigenvalue weighted by molar-refractivity contribution is 9.10. The number of halogens is 1. The van der Waals surface area contributed by atoms with Gasteiger partial charge < -0.3 is 10.5 Å². The summed E-state index contributed by atoms with van der Waals surface area (Å²) in [5.74, 6) is -0.552. The van der Waals surface area contributed by atoms with Crippen molar-refractivity contribution in [2.24, 2.45) is 5.73 Å². The van der Waals surface area contributed by atoms with Gasteiger partial charge in [-0.15, -0.1) is 0 Å². The molecule has 2 aromatic rings. The second kappa shape index (κ2) is 8.41. The van der Waals surface area contributed by atoms with Crippen LogP contribution in [0.5, 0.6) is 5.75 Å². The molecule has 1 saturated heterocycles. The molecule has 138 valence electrons. The molecule has 0 saturated carbocycles. The SMILES string of the molecule is NC(=O)COc1ccccc1/C=C1/SC(=O)N(Cc2cccc(Br)c2)C1=O. The molecule has 2 N–H and O–H groups in total. The van der Waals surface area contributed by atoms with Crippen molar-refractivity contribution in [2.45, 2.75) is 6.54 Å². The van der Waals surface area contributed by atoms with Crippen LogP contribution in [0.2, 0.25) is 0 Å². The molecule has 8 heteroatoms. The Kier molecular flexibility index (Phi) is 5.98. The molecule has 6 nitrogen and oxygen atoms in total. The Hall–Kier alpha value is -2.58. The van der Waals surface area contributed by atoms with Crippen LogP contribution in [0.15, 0.2) is 57.9 Å². The van der Waals surface area contributed by atoms with Gasteiger partial charge in [-0.05, 0) is 41.6 Å². The third kappa shape index (κ3) is 4.78. The van der Waals surface area contributed by atoms with Crippen LogP contribution in [0.1, 0.15) is 11.1 Å². The minimum atomic E-state index is -0.598. The van der Waals surface area contributed by atoms with Gasteiger partial charge in [0.2, 0.25) is 0 Å². The predicted molar refractivity (Wildman–Crippen MR) is 107 cm³/mol. The Labute approximate surface area is 168 Å². The number of thioether (sulfide) groups is 1. The van der Waals surface area contributed by atoms with Crippen molar-refractivity contribution in [1.29, 1.82) is 0 Å². The molecule has 1 fully saturated rings. The summed E-state index contributed by atoms with van der Waals surface area (Å²) in [6, 6.07) is 14.4. The maximum Gasteiger partial charge on any atom is 0.293 e. The van der Waals surface area contributed by atoms with Crippen molar-refractivity contribution >= 4 is 50.8 Å². The number of carbonyl (C=O) groups is 3. The summed E-state index contributed by atoms with van der Waals surface area (Å²) in [5.41, 5.74) is 6.54. The lowest BCUT2D eigenvalue weighted by Gasteiger charge is -2.12. The quantitative estimate of drug-likeness (QED) is 0.685. The maximum absolute atomic E-state index is 12.7. The van der Waals surface area contributed by atoms with Gasteiger partial charge in [0.15, 0.2) is 6.61 Å². The van der Waals surface area contributed by atoms with Gasteiger partial charge in [0, 0.05) is 10.0 Å². The van der Waals surface area contributed by atoms with Crippen LogP contribution in [0.3, 0.4) is 0 Å². The first-order valence-electron chi connectivity index (χ1n) is 7.94. The molecular formula is C19H15BrN2O4S. The molecule has 0 spiro atoms. The molecule has 0 atom stereocenters. The minimum Gasteiger partial charge on any atom is -0.483 e. The van der Waals surface area contributed by atoms with Crippen LogP contribution in [-0.4, -0.2) is 28.6 Å². The second-order valence-corrected chi connectivity index (χ2v) is 7.60. The number of hydrogen-bond donors (Lipinski definition) is 1. The molecule has 0 unspecified atom stereocenters. The van der Waals surface area contributed by atoms with E-state index in [1.807, 2.05) is 24.3 Å². The second-order valence-electron chi connectivity index (χ2n) is 5.69. The fourth-order valence-corrected chi connectivity index (χ4v) is 3.75. The van der Waals surface area contributed by atoms with Gasteiger partial charge in [0.05, 0.1) is 11.4 Å². The molecule has 27 heavy (non-hydrogen) atoms. The molecule has 0 radical (unpaired) electrons. The summed E-state index contributed by atoms with van der Waals surface area (Å²) in [6.45, 7) is -0.0729. The fourth-order valence-electron chi connectivity index (χ4n) is 2.48. The number of carbonyl (C=O) groups excluding carboxylic acids is 3. The summed E-state index contributed by atoms with van der Waals surface area (Å²) in [6.07, 6.45) is 1.59. The average Bonchev–Trinajstić information content (AvgIpc) is 2.88. The van der Waals surface area contributed by atoms with E-state index in [0.29, 0.717) is 16.2 Å². The van der Waals surface area contributed by atoms with Crippen molar-refractivity contribution in [3.8, 4) is 5.75 Å². The molecule has 1 heterocycles. The first-order chi connectivity index (χ1) is 12.9. The molecule has 3 amide bonds. The summed E-state index contributed by atoms with van der Waals surface area (Å²) in [7, 11) is 0. The summed E-state index contributed by atoms with van der Waals surface area (Å²) < 4.78 is 6.24. The highest BCUT2D eigenvalue weighted by atomic mass is 79.9. The predicted octanol–water partition coefficient (Wildman–Crippen LogP) is 3.55. The van der Waals surface area contributed by atoms with E-state index in [9.17, 15) is 14.4 Å². The zero-order valence-corrected chi connectivity index (χ0v) is 16.5. The Bertz CT molecular complexity index is 945. The van der Waals surface area contributed by atoms with E-state index >= 15 is 0 Å². The molecule has 3 rings (SSSR count). The highest BCUT2D eigenvalue weighted by Crippen LogP contribution is 2.35. The Morgan fingerprint density at radius 2 is 1.96 bits per heavy atom. The summed E-state index contributed by atoms with van der Waals surface area (Å²) in [5, 5.41) is -0.332. The van der Waals surface area contributed by atoms with Crippen molar-refractivity contribution in [3.05, 3.63) is 69.0 Å². The van der Waals surface area contributed by atoms with Crippen LogP contribution < -0.4 is 10.5 Å². The number of ether oxygens (including phenoxy) is 1. The lowest BCUT2D eigenvalue weighted by atomic mass is 10.1. The van der Waals surface area contributed by atoms with Gasteiger partial charge in [-0.2, -0.15) is 0 Å². The summed E-state index contributed by atoms with van der Waals surface area (Å²) in [4.78, 5) is 37.4. The van der Waals surface area contributed by atoms with Gasteiger partial charge in [0.1, 0.15) is 5.75 Å². The molecule has 1 aliphatic rings. The van der Waals surface area contributed by atoms with Crippen LogP contribution >= 0.6 is 27.7 Å². The molecule has 1 aliphatic heterocycles. The molecule has 2 aromatic carbocycles.